The number of nitrogens with zero attached hydrogens (tertiary/aromatic N) is 1. The van der Waals surface area contributed by atoms with Gasteiger partial charge in [-0.3, -0.25) is 9.69 Å². The highest BCUT2D eigenvalue weighted by Gasteiger charge is 2.10. The van der Waals surface area contributed by atoms with E-state index in [1.165, 1.54) is 5.56 Å². The molecule has 1 aliphatic heterocycles. The van der Waals surface area contributed by atoms with Gasteiger partial charge in [-0.25, -0.2) is 0 Å². The predicted octanol–water partition coefficient (Wildman–Crippen LogP) is 2.67. The van der Waals surface area contributed by atoms with Gasteiger partial charge in [-0.1, -0.05) is 18.2 Å². The van der Waals surface area contributed by atoms with Gasteiger partial charge in [0.15, 0.2) is 0 Å². The molecule has 2 aromatic rings. The van der Waals surface area contributed by atoms with Crippen LogP contribution in [0.5, 0.6) is 0 Å². The minimum absolute atomic E-state index is 0.406. The van der Waals surface area contributed by atoms with Crippen molar-refractivity contribution in [1.82, 2.24) is 4.90 Å². The maximum atomic E-state index is 11.4. The lowest BCUT2D eigenvalue weighted by molar-refractivity contribution is 0.0342. The number of nitrogens with one attached hydrogen (secondary N) is 1. The highest BCUT2D eigenvalue weighted by molar-refractivity contribution is 5.95. The minimum atomic E-state index is -0.406. The number of morpholine rings is 1. The van der Waals surface area contributed by atoms with Gasteiger partial charge < -0.3 is 15.8 Å². The van der Waals surface area contributed by atoms with Gasteiger partial charge in [-0.05, 0) is 42.3 Å². The summed E-state index contributed by atoms with van der Waals surface area (Å²) in [5, 5.41) is 3.32. The Morgan fingerprint density at radius 3 is 2.46 bits per heavy atom. The van der Waals surface area contributed by atoms with Crippen molar-refractivity contribution in [3.8, 4) is 0 Å². The Morgan fingerprint density at radius 1 is 1.12 bits per heavy atom. The van der Waals surface area contributed by atoms with Gasteiger partial charge in [0.25, 0.3) is 0 Å². The zero-order valence-electron chi connectivity index (χ0n) is 13.9. The first-order valence-corrected chi connectivity index (χ1v) is 8.18. The van der Waals surface area contributed by atoms with Gasteiger partial charge >= 0.3 is 0 Å². The quantitative estimate of drug-likeness (QED) is 0.887. The van der Waals surface area contributed by atoms with E-state index in [1.807, 2.05) is 19.1 Å². The van der Waals surface area contributed by atoms with Crippen molar-refractivity contribution < 1.29 is 9.53 Å². The first-order chi connectivity index (χ1) is 11.6. The van der Waals surface area contributed by atoms with E-state index >= 15 is 0 Å². The molecule has 3 rings (SSSR count). The van der Waals surface area contributed by atoms with Gasteiger partial charge in [0.2, 0.25) is 5.91 Å². The van der Waals surface area contributed by atoms with Crippen LogP contribution >= 0.6 is 0 Å². The second kappa shape index (κ2) is 7.47. The van der Waals surface area contributed by atoms with E-state index < -0.39 is 5.91 Å². The fourth-order valence-electron chi connectivity index (χ4n) is 2.84. The largest absolute Gasteiger partial charge is 0.379 e. The van der Waals surface area contributed by atoms with Crippen LogP contribution in [0.2, 0.25) is 0 Å². The van der Waals surface area contributed by atoms with E-state index in [4.69, 9.17) is 10.5 Å². The van der Waals surface area contributed by atoms with E-state index in [-0.39, 0.29) is 0 Å². The SMILES string of the molecule is Cc1ccc(Nc2ccc(CN3CCOCC3)cc2)cc1C(N)=O. The van der Waals surface area contributed by atoms with Crippen LogP contribution in [0, 0.1) is 6.92 Å². The number of benzene rings is 2. The van der Waals surface area contributed by atoms with Crippen LogP contribution in [-0.4, -0.2) is 37.1 Å². The van der Waals surface area contributed by atoms with Crippen LogP contribution in [0.15, 0.2) is 42.5 Å². The molecular weight excluding hydrogens is 302 g/mol. The number of primary amides is 1. The highest BCUT2D eigenvalue weighted by Crippen LogP contribution is 2.21. The van der Waals surface area contributed by atoms with Gasteiger partial charge in [0.1, 0.15) is 0 Å². The summed E-state index contributed by atoms with van der Waals surface area (Å²) in [6.07, 6.45) is 0. The molecule has 1 aliphatic rings. The molecule has 1 heterocycles. The van der Waals surface area contributed by atoms with Gasteiger partial charge in [0, 0.05) is 36.6 Å². The Morgan fingerprint density at radius 2 is 1.79 bits per heavy atom. The Labute approximate surface area is 142 Å². The molecule has 0 unspecified atom stereocenters. The number of aryl methyl sites for hydroxylation is 1. The smallest absolute Gasteiger partial charge is 0.249 e. The Hall–Kier alpha value is -2.37. The first kappa shape index (κ1) is 16.5. The summed E-state index contributed by atoms with van der Waals surface area (Å²) in [4.78, 5) is 13.8. The maximum Gasteiger partial charge on any atom is 0.249 e. The van der Waals surface area contributed by atoms with Crippen molar-refractivity contribution in [3.63, 3.8) is 0 Å². The van der Waals surface area contributed by atoms with Crippen molar-refractivity contribution in [3.05, 3.63) is 59.2 Å². The molecule has 1 amide bonds. The number of anilines is 2. The predicted molar refractivity (Wildman–Crippen MR) is 95.5 cm³/mol. The van der Waals surface area contributed by atoms with Gasteiger partial charge in [-0.15, -0.1) is 0 Å². The molecule has 1 fully saturated rings. The average Bonchev–Trinajstić information content (AvgIpc) is 2.59. The summed E-state index contributed by atoms with van der Waals surface area (Å²) in [6.45, 7) is 6.42. The molecule has 5 nitrogen and oxygen atoms in total. The number of nitrogens with two attached hydrogens (primary N) is 1. The molecule has 0 bridgehead atoms. The molecule has 3 N–H and O–H groups in total. The van der Waals surface area contributed by atoms with Crippen molar-refractivity contribution >= 4 is 17.3 Å². The summed E-state index contributed by atoms with van der Waals surface area (Å²) >= 11 is 0. The van der Waals surface area contributed by atoms with Crippen molar-refractivity contribution in [2.75, 3.05) is 31.6 Å². The maximum absolute atomic E-state index is 11.4. The van der Waals surface area contributed by atoms with Gasteiger partial charge in [0.05, 0.1) is 13.2 Å². The number of hydrogen-bond donors (Lipinski definition) is 2. The third kappa shape index (κ3) is 4.13. The topological polar surface area (TPSA) is 67.6 Å². The first-order valence-electron chi connectivity index (χ1n) is 8.18. The molecule has 0 aromatic heterocycles. The fourth-order valence-corrected chi connectivity index (χ4v) is 2.84. The lowest BCUT2D eigenvalue weighted by Gasteiger charge is -2.26. The van der Waals surface area contributed by atoms with E-state index in [1.54, 1.807) is 6.07 Å². The summed E-state index contributed by atoms with van der Waals surface area (Å²) < 4.78 is 5.37. The van der Waals surface area contributed by atoms with Gasteiger partial charge in [-0.2, -0.15) is 0 Å². The third-order valence-electron chi connectivity index (χ3n) is 4.26. The Balaban J connectivity index is 1.65. The third-order valence-corrected chi connectivity index (χ3v) is 4.26. The lowest BCUT2D eigenvalue weighted by atomic mass is 10.1. The summed E-state index contributed by atoms with van der Waals surface area (Å²) in [6, 6.07) is 14.0. The van der Waals surface area contributed by atoms with E-state index in [9.17, 15) is 4.79 Å². The fraction of sp³-hybridized carbons (Fsp3) is 0.316. The van der Waals surface area contributed by atoms with E-state index in [0.717, 1.165) is 49.8 Å². The molecule has 126 valence electrons. The molecule has 0 spiro atoms. The van der Waals surface area contributed by atoms with Crippen LogP contribution in [0.25, 0.3) is 0 Å². The number of rotatable bonds is 5. The highest BCUT2D eigenvalue weighted by atomic mass is 16.5. The number of carbonyl (C=O) groups is 1. The van der Waals surface area contributed by atoms with Crippen LogP contribution in [0.4, 0.5) is 11.4 Å². The summed E-state index contributed by atoms with van der Waals surface area (Å²) in [7, 11) is 0. The van der Waals surface area contributed by atoms with Crippen LogP contribution < -0.4 is 11.1 Å². The molecule has 0 radical (unpaired) electrons. The molecule has 2 aromatic carbocycles. The number of amides is 1. The van der Waals surface area contributed by atoms with Crippen molar-refractivity contribution in [2.24, 2.45) is 5.73 Å². The Bertz CT molecular complexity index is 707. The second-order valence-electron chi connectivity index (χ2n) is 6.10. The van der Waals surface area contributed by atoms with E-state index in [0.29, 0.717) is 5.56 Å². The monoisotopic (exact) mass is 325 g/mol. The molecule has 5 heteroatoms. The van der Waals surface area contributed by atoms with Crippen LogP contribution in [-0.2, 0) is 11.3 Å². The lowest BCUT2D eigenvalue weighted by Crippen LogP contribution is -2.35. The normalized spacial score (nSPS) is 15.2. The summed E-state index contributed by atoms with van der Waals surface area (Å²) in [5.74, 6) is -0.406. The number of ether oxygens (including phenoxy) is 1. The summed E-state index contributed by atoms with van der Waals surface area (Å²) in [5.41, 5.74) is 9.96. The van der Waals surface area contributed by atoms with Crippen molar-refractivity contribution in [1.29, 1.82) is 0 Å². The zero-order valence-corrected chi connectivity index (χ0v) is 13.9. The molecule has 24 heavy (non-hydrogen) atoms. The van der Waals surface area contributed by atoms with Crippen LogP contribution in [0.1, 0.15) is 21.5 Å². The molecule has 1 saturated heterocycles. The van der Waals surface area contributed by atoms with Crippen molar-refractivity contribution in [2.45, 2.75) is 13.5 Å². The molecule has 0 atom stereocenters. The number of carbonyl (C=O) groups excluding carboxylic acids is 1. The zero-order chi connectivity index (χ0) is 16.9. The van der Waals surface area contributed by atoms with E-state index in [2.05, 4.69) is 34.5 Å². The average molecular weight is 325 g/mol. The second-order valence-corrected chi connectivity index (χ2v) is 6.10. The standard InChI is InChI=1S/C19H23N3O2/c1-14-2-5-17(12-18(14)19(20)23)21-16-6-3-15(4-7-16)13-22-8-10-24-11-9-22/h2-7,12,21H,8-11,13H2,1H3,(H2,20,23). The molecule has 0 aliphatic carbocycles. The number of hydrogen-bond acceptors (Lipinski definition) is 4. The molecular formula is C19H23N3O2. The minimum Gasteiger partial charge on any atom is -0.379 e. The van der Waals surface area contributed by atoms with Crippen LogP contribution in [0.3, 0.4) is 0 Å². The molecule has 0 saturated carbocycles. The Kier molecular flexibility index (Phi) is 5.13.